The van der Waals surface area contributed by atoms with Crippen LogP contribution < -0.4 is 5.73 Å². The standard InChI is InChI=1S/C14H11F3IN/c1-7-4-12(16)13(17)10(14(7)19)5-8-2-3-9(18)6-11(8)15/h2-4,6H,5,19H2,1H3. The average molecular weight is 377 g/mol. The number of nitrogens with two attached hydrogens (primary N) is 1. The third kappa shape index (κ3) is 2.86. The van der Waals surface area contributed by atoms with E-state index in [1.165, 1.54) is 6.07 Å². The van der Waals surface area contributed by atoms with Crippen LogP contribution in [0.15, 0.2) is 24.3 Å². The first-order valence-corrected chi connectivity index (χ1v) is 6.65. The fourth-order valence-electron chi connectivity index (χ4n) is 1.86. The molecular weight excluding hydrogens is 366 g/mol. The second-order valence-corrected chi connectivity index (χ2v) is 5.54. The minimum Gasteiger partial charge on any atom is -0.398 e. The van der Waals surface area contributed by atoms with Crippen LogP contribution in [0.4, 0.5) is 18.9 Å². The van der Waals surface area contributed by atoms with Crippen LogP contribution in [0.2, 0.25) is 0 Å². The molecule has 0 radical (unpaired) electrons. The molecule has 0 aliphatic rings. The number of halogens is 4. The van der Waals surface area contributed by atoms with Gasteiger partial charge in [0.05, 0.1) is 0 Å². The summed E-state index contributed by atoms with van der Waals surface area (Å²) >= 11 is 1.98. The molecular formula is C14H11F3IN. The van der Waals surface area contributed by atoms with Crippen molar-refractivity contribution in [2.24, 2.45) is 0 Å². The molecule has 0 atom stereocenters. The SMILES string of the molecule is Cc1cc(F)c(F)c(Cc2ccc(I)cc2F)c1N. The fraction of sp³-hybridized carbons (Fsp3) is 0.143. The lowest BCUT2D eigenvalue weighted by Gasteiger charge is -2.11. The highest BCUT2D eigenvalue weighted by Crippen LogP contribution is 2.27. The van der Waals surface area contributed by atoms with Crippen molar-refractivity contribution in [1.82, 2.24) is 0 Å². The molecule has 19 heavy (non-hydrogen) atoms. The lowest BCUT2D eigenvalue weighted by molar-refractivity contribution is 0.499. The predicted molar refractivity (Wildman–Crippen MR) is 77.4 cm³/mol. The van der Waals surface area contributed by atoms with Crippen molar-refractivity contribution in [2.75, 3.05) is 5.73 Å². The Morgan fingerprint density at radius 2 is 1.79 bits per heavy atom. The van der Waals surface area contributed by atoms with E-state index in [9.17, 15) is 13.2 Å². The van der Waals surface area contributed by atoms with Crippen LogP contribution in [0.3, 0.4) is 0 Å². The highest BCUT2D eigenvalue weighted by Gasteiger charge is 2.16. The zero-order valence-corrected chi connectivity index (χ0v) is 12.3. The van der Waals surface area contributed by atoms with Gasteiger partial charge in [0.15, 0.2) is 11.6 Å². The van der Waals surface area contributed by atoms with E-state index in [1.807, 2.05) is 22.6 Å². The summed E-state index contributed by atoms with van der Waals surface area (Å²) in [5.74, 6) is -2.43. The second kappa shape index (κ2) is 5.40. The molecule has 100 valence electrons. The molecule has 0 saturated heterocycles. The number of benzene rings is 2. The van der Waals surface area contributed by atoms with E-state index in [0.717, 1.165) is 9.64 Å². The molecule has 0 saturated carbocycles. The molecule has 1 nitrogen and oxygen atoms in total. The Morgan fingerprint density at radius 3 is 2.42 bits per heavy atom. The molecule has 0 spiro atoms. The van der Waals surface area contributed by atoms with Crippen molar-refractivity contribution >= 4 is 28.3 Å². The first-order chi connectivity index (χ1) is 8.90. The van der Waals surface area contributed by atoms with Crippen molar-refractivity contribution in [1.29, 1.82) is 0 Å². The van der Waals surface area contributed by atoms with Crippen LogP contribution in [0, 0.1) is 27.9 Å². The molecule has 0 bridgehead atoms. The van der Waals surface area contributed by atoms with Crippen molar-refractivity contribution in [3.8, 4) is 0 Å². The van der Waals surface area contributed by atoms with Gasteiger partial charge in [-0.15, -0.1) is 0 Å². The number of hydrogen-bond donors (Lipinski definition) is 1. The topological polar surface area (TPSA) is 26.0 Å². The van der Waals surface area contributed by atoms with Gasteiger partial charge in [-0.2, -0.15) is 0 Å². The van der Waals surface area contributed by atoms with Gasteiger partial charge in [0.1, 0.15) is 5.82 Å². The van der Waals surface area contributed by atoms with E-state index >= 15 is 0 Å². The minimum absolute atomic E-state index is 0.00221. The molecule has 2 N–H and O–H groups in total. The largest absolute Gasteiger partial charge is 0.398 e. The number of hydrogen-bond acceptors (Lipinski definition) is 1. The normalized spacial score (nSPS) is 10.8. The maximum Gasteiger partial charge on any atom is 0.164 e. The van der Waals surface area contributed by atoms with Crippen LogP contribution >= 0.6 is 22.6 Å². The molecule has 2 rings (SSSR count). The van der Waals surface area contributed by atoms with E-state index in [1.54, 1.807) is 19.1 Å². The van der Waals surface area contributed by atoms with Crippen LogP contribution in [0.5, 0.6) is 0 Å². The summed E-state index contributed by atoms with van der Waals surface area (Å²) in [6.07, 6.45) is -0.0704. The quantitative estimate of drug-likeness (QED) is 0.617. The van der Waals surface area contributed by atoms with Gasteiger partial charge in [0.2, 0.25) is 0 Å². The number of aryl methyl sites for hydroxylation is 1. The summed E-state index contributed by atoms with van der Waals surface area (Å²) in [4.78, 5) is 0. The molecule has 0 fully saturated rings. The van der Waals surface area contributed by atoms with Crippen molar-refractivity contribution in [2.45, 2.75) is 13.3 Å². The van der Waals surface area contributed by atoms with Crippen molar-refractivity contribution in [3.05, 3.63) is 62.0 Å². The third-order valence-electron chi connectivity index (χ3n) is 2.95. The zero-order valence-electron chi connectivity index (χ0n) is 10.1. The molecule has 0 heterocycles. The smallest absolute Gasteiger partial charge is 0.164 e. The van der Waals surface area contributed by atoms with Crippen molar-refractivity contribution in [3.63, 3.8) is 0 Å². The van der Waals surface area contributed by atoms with Gasteiger partial charge in [-0.1, -0.05) is 6.07 Å². The first-order valence-electron chi connectivity index (χ1n) is 5.57. The van der Waals surface area contributed by atoms with Crippen LogP contribution in [0.1, 0.15) is 16.7 Å². The lowest BCUT2D eigenvalue weighted by atomic mass is 9.99. The van der Waals surface area contributed by atoms with Gasteiger partial charge in [0, 0.05) is 21.2 Å². The van der Waals surface area contributed by atoms with E-state index < -0.39 is 17.5 Å². The summed E-state index contributed by atoms with van der Waals surface area (Å²) in [7, 11) is 0. The first kappa shape index (κ1) is 14.2. The molecule has 0 amide bonds. The molecule has 0 aliphatic carbocycles. The Morgan fingerprint density at radius 1 is 1.11 bits per heavy atom. The Hall–Kier alpha value is -1.24. The van der Waals surface area contributed by atoms with Crippen LogP contribution in [-0.2, 0) is 6.42 Å². The summed E-state index contributed by atoms with van der Waals surface area (Å²) in [6.45, 7) is 1.59. The van der Waals surface area contributed by atoms with Crippen molar-refractivity contribution < 1.29 is 13.2 Å². The molecule has 2 aromatic rings. The van der Waals surface area contributed by atoms with E-state index in [0.29, 0.717) is 5.56 Å². The Balaban J connectivity index is 2.49. The van der Waals surface area contributed by atoms with Crippen LogP contribution in [-0.4, -0.2) is 0 Å². The number of anilines is 1. The minimum atomic E-state index is -1.01. The summed E-state index contributed by atoms with van der Waals surface area (Å²) in [5.41, 5.74) is 6.64. The third-order valence-corrected chi connectivity index (χ3v) is 3.62. The van der Waals surface area contributed by atoms with Gasteiger partial charge in [0.25, 0.3) is 0 Å². The van der Waals surface area contributed by atoms with Gasteiger partial charge in [-0.05, 0) is 58.8 Å². The molecule has 0 unspecified atom stereocenters. The molecule has 2 aromatic carbocycles. The second-order valence-electron chi connectivity index (χ2n) is 4.29. The summed E-state index contributed by atoms with van der Waals surface area (Å²) in [5, 5.41) is 0. The molecule has 5 heteroatoms. The maximum atomic E-state index is 13.8. The van der Waals surface area contributed by atoms with Crippen LogP contribution in [0.25, 0.3) is 0 Å². The van der Waals surface area contributed by atoms with Gasteiger partial charge in [-0.25, -0.2) is 13.2 Å². The van der Waals surface area contributed by atoms with E-state index in [-0.39, 0.29) is 23.2 Å². The summed E-state index contributed by atoms with van der Waals surface area (Å²) < 4.78 is 41.6. The summed E-state index contributed by atoms with van der Waals surface area (Å²) in [6, 6.07) is 5.64. The van der Waals surface area contributed by atoms with Gasteiger partial charge in [-0.3, -0.25) is 0 Å². The van der Waals surface area contributed by atoms with E-state index in [4.69, 9.17) is 5.73 Å². The number of rotatable bonds is 2. The zero-order chi connectivity index (χ0) is 14.2. The highest BCUT2D eigenvalue weighted by atomic mass is 127. The highest BCUT2D eigenvalue weighted by molar-refractivity contribution is 14.1. The predicted octanol–water partition coefficient (Wildman–Crippen LogP) is 4.19. The Kier molecular flexibility index (Phi) is 4.03. The fourth-order valence-corrected chi connectivity index (χ4v) is 2.31. The average Bonchev–Trinajstić information content (AvgIpc) is 2.34. The van der Waals surface area contributed by atoms with E-state index in [2.05, 4.69) is 0 Å². The molecule has 0 aliphatic heterocycles. The number of nitrogen functional groups attached to an aromatic ring is 1. The molecule has 0 aromatic heterocycles. The lowest BCUT2D eigenvalue weighted by Crippen LogP contribution is -2.05. The van der Waals surface area contributed by atoms with Gasteiger partial charge < -0.3 is 5.73 Å². The van der Waals surface area contributed by atoms with Gasteiger partial charge >= 0.3 is 0 Å². The Bertz CT molecular complexity index is 615. The Labute approximate surface area is 122 Å². The monoisotopic (exact) mass is 377 g/mol. The maximum absolute atomic E-state index is 13.8.